The van der Waals surface area contributed by atoms with E-state index in [0.717, 1.165) is 30.5 Å². The number of halogens is 1. The van der Waals surface area contributed by atoms with E-state index in [4.69, 9.17) is 5.73 Å². The number of nitrogens with zero attached hydrogens (tertiary/aromatic N) is 1. The Hall–Kier alpha value is -2.73. The van der Waals surface area contributed by atoms with Gasteiger partial charge in [-0.15, -0.1) is 0 Å². The molecule has 3 rings (SSSR count). The van der Waals surface area contributed by atoms with Crippen LogP contribution in [0.5, 0.6) is 0 Å². The maximum atomic E-state index is 13.7. The van der Waals surface area contributed by atoms with Crippen LogP contribution in [-0.2, 0) is 4.79 Å². The molecule has 1 atom stereocenters. The van der Waals surface area contributed by atoms with E-state index in [-0.39, 0.29) is 23.5 Å². The van der Waals surface area contributed by atoms with E-state index >= 15 is 0 Å². The van der Waals surface area contributed by atoms with E-state index in [1.165, 1.54) is 6.07 Å². The standard InChI is InChI=1S/C22H26FN3O2/c1-15-4-5-18(13-20(15)23)16-6-8-17(9-7-16)22(28)25-10-12-26-11-2-3-19(14-26)21(24)27/h4-9,13,19H,2-3,10-12,14H2,1H3,(H2,24,27)(H,25,28)/t19-/m1/s1. The highest BCUT2D eigenvalue weighted by Gasteiger charge is 2.23. The fraction of sp³-hybridized carbons (Fsp3) is 0.364. The van der Waals surface area contributed by atoms with Gasteiger partial charge in [0.15, 0.2) is 0 Å². The molecule has 1 heterocycles. The zero-order valence-electron chi connectivity index (χ0n) is 16.1. The number of hydrogen-bond donors (Lipinski definition) is 2. The van der Waals surface area contributed by atoms with Gasteiger partial charge in [-0.1, -0.05) is 24.3 Å². The van der Waals surface area contributed by atoms with Gasteiger partial charge in [0, 0.05) is 25.2 Å². The number of carbonyl (C=O) groups is 2. The minimum atomic E-state index is -0.248. The van der Waals surface area contributed by atoms with Gasteiger partial charge >= 0.3 is 0 Å². The molecule has 1 aliphatic heterocycles. The molecule has 1 saturated heterocycles. The highest BCUT2D eigenvalue weighted by atomic mass is 19.1. The van der Waals surface area contributed by atoms with Crippen LogP contribution < -0.4 is 11.1 Å². The Balaban J connectivity index is 1.52. The third kappa shape index (κ3) is 4.95. The van der Waals surface area contributed by atoms with E-state index in [1.54, 1.807) is 25.1 Å². The molecule has 0 aromatic heterocycles. The monoisotopic (exact) mass is 383 g/mol. The normalized spacial score (nSPS) is 17.3. The van der Waals surface area contributed by atoms with Gasteiger partial charge in [0.2, 0.25) is 5.91 Å². The molecule has 2 aromatic carbocycles. The molecule has 0 aliphatic carbocycles. The Morgan fingerprint density at radius 3 is 2.57 bits per heavy atom. The molecule has 6 heteroatoms. The maximum absolute atomic E-state index is 13.7. The number of rotatable bonds is 6. The minimum Gasteiger partial charge on any atom is -0.369 e. The second-order valence-electron chi connectivity index (χ2n) is 7.34. The van der Waals surface area contributed by atoms with Crippen LogP contribution in [0.15, 0.2) is 42.5 Å². The van der Waals surface area contributed by atoms with Crippen LogP contribution in [0.3, 0.4) is 0 Å². The van der Waals surface area contributed by atoms with Crippen LogP contribution in [-0.4, -0.2) is 42.9 Å². The topological polar surface area (TPSA) is 75.4 Å². The lowest BCUT2D eigenvalue weighted by Crippen LogP contribution is -2.44. The molecule has 0 radical (unpaired) electrons. The molecule has 5 nitrogen and oxygen atoms in total. The summed E-state index contributed by atoms with van der Waals surface area (Å²) in [5.74, 6) is -0.730. The summed E-state index contributed by atoms with van der Waals surface area (Å²) in [5.41, 5.74) is 8.21. The van der Waals surface area contributed by atoms with Crippen molar-refractivity contribution in [2.24, 2.45) is 11.7 Å². The summed E-state index contributed by atoms with van der Waals surface area (Å²) < 4.78 is 13.7. The van der Waals surface area contributed by atoms with Gasteiger partial charge in [0.1, 0.15) is 5.82 Å². The van der Waals surface area contributed by atoms with Crippen LogP contribution in [0.25, 0.3) is 11.1 Å². The molecule has 0 bridgehead atoms. The molecular formula is C22H26FN3O2. The summed E-state index contributed by atoms with van der Waals surface area (Å²) in [6.45, 7) is 4.50. The number of hydrogen-bond acceptors (Lipinski definition) is 3. The van der Waals surface area contributed by atoms with E-state index in [2.05, 4.69) is 10.2 Å². The highest BCUT2D eigenvalue weighted by molar-refractivity contribution is 5.94. The first-order valence-electron chi connectivity index (χ1n) is 9.60. The van der Waals surface area contributed by atoms with Crippen LogP contribution in [0.2, 0.25) is 0 Å². The SMILES string of the molecule is Cc1ccc(-c2ccc(C(=O)NCCN3CCC[C@@H](C(N)=O)C3)cc2)cc1F. The molecule has 0 saturated carbocycles. The Labute approximate surface area is 164 Å². The average molecular weight is 383 g/mol. The summed E-state index contributed by atoms with van der Waals surface area (Å²) in [6, 6.07) is 12.2. The van der Waals surface area contributed by atoms with Gasteiger partial charge in [0.25, 0.3) is 5.91 Å². The van der Waals surface area contributed by atoms with Crippen LogP contribution in [0.4, 0.5) is 4.39 Å². The first-order chi connectivity index (χ1) is 13.4. The van der Waals surface area contributed by atoms with Crippen LogP contribution >= 0.6 is 0 Å². The van der Waals surface area contributed by atoms with Crippen molar-refractivity contribution in [2.75, 3.05) is 26.2 Å². The molecule has 0 spiro atoms. The number of amides is 2. The number of carbonyl (C=O) groups excluding carboxylic acids is 2. The lowest BCUT2D eigenvalue weighted by atomic mass is 9.97. The summed E-state index contributed by atoms with van der Waals surface area (Å²) in [7, 11) is 0. The smallest absolute Gasteiger partial charge is 0.251 e. The van der Waals surface area contributed by atoms with E-state index in [1.807, 2.05) is 18.2 Å². The summed E-state index contributed by atoms with van der Waals surface area (Å²) in [6.07, 6.45) is 1.79. The third-order valence-electron chi connectivity index (χ3n) is 5.27. The molecular weight excluding hydrogens is 357 g/mol. The Bertz CT molecular complexity index is 851. The number of benzene rings is 2. The number of piperidine rings is 1. The van der Waals surface area contributed by atoms with Gasteiger partial charge < -0.3 is 16.0 Å². The quantitative estimate of drug-likeness (QED) is 0.805. The minimum absolute atomic E-state index is 0.0939. The summed E-state index contributed by atoms with van der Waals surface area (Å²) in [5, 5.41) is 2.91. The van der Waals surface area contributed by atoms with Gasteiger partial charge in [-0.2, -0.15) is 0 Å². The van der Waals surface area contributed by atoms with E-state index < -0.39 is 0 Å². The second-order valence-corrected chi connectivity index (χ2v) is 7.34. The number of aryl methyl sites for hydroxylation is 1. The first-order valence-corrected chi connectivity index (χ1v) is 9.60. The Morgan fingerprint density at radius 2 is 1.89 bits per heavy atom. The van der Waals surface area contributed by atoms with E-state index in [9.17, 15) is 14.0 Å². The number of nitrogens with one attached hydrogen (secondary N) is 1. The number of likely N-dealkylation sites (tertiary alicyclic amines) is 1. The van der Waals surface area contributed by atoms with Crippen molar-refractivity contribution in [3.8, 4) is 11.1 Å². The van der Waals surface area contributed by atoms with Gasteiger partial charge in [0.05, 0.1) is 5.92 Å². The largest absolute Gasteiger partial charge is 0.369 e. The fourth-order valence-electron chi connectivity index (χ4n) is 3.51. The third-order valence-corrected chi connectivity index (χ3v) is 5.27. The second kappa shape index (κ2) is 8.97. The van der Waals surface area contributed by atoms with Gasteiger partial charge in [-0.25, -0.2) is 4.39 Å². The van der Waals surface area contributed by atoms with Crippen molar-refractivity contribution in [3.05, 3.63) is 59.4 Å². The molecule has 2 amide bonds. The number of nitrogens with two attached hydrogens (primary N) is 1. The Kier molecular flexibility index (Phi) is 6.41. The van der Waals surface area contributed by atoms with E-state index in [0.29, 0.717) is 30.8 Å². The predicted molar refractivity (Wildman–Crippen MR) is 107 cm³/mol. The predicted octanol–water partition coefficient (Wildman–Crippen LogP) is 2.73. The van der Waals surface area contributed by atoms with Crippen molar-refractivity contribution in [1.29, 1.82) is 0 Å². The first kappa shape index (κ1) is 20.0. The Morgan fingerprint density at radius 1 is 1.18 bits per heavy atom. The zero-order valence-corrected chi connectivity index (χ0v) is 16.1. The van der Waals surface area contributed by atoms with Crippen LogP contribution in [0.1, 0.15) is 28.8 Å². The lowest BCUT2D eigenvalue weighted by molar-refractivity contribution is -0.123. The van der Waals surface area contributed by atoms with Crippen molar-refractivity contribution in [3.63, 3.8) is 0 Å². The van der Waals surface area contributed by atoms with Gasteiger partial charge in [-0.05, 0) is 61.2 Å². The molecule has 148 valence electrons. The molecule has 28 heavy (non-hydrogen) atoms. The number of primary amides is 1. The molecule has 2 aromatic rings. The summed E-state index contributed by atoms with van der Waals surface area (Å²) in [4.78, 5) is 25.8. The van der Waals surface area contributed by atoms with Crippen molar-refractivity contribution < 1.29 is 14.0 Å². The fourth-order valence-corrected chi connectivity index (χ4v) is 3.51. The highest BCUT2D eigenvalue weighted by Crippen LogP contribution is 2.22. The summed E-state index contributed by atoms with van der Waals surface area (Å²) >= 11 is 0. The molecule has 1 fully saturated rings. The maximum Gasteiger partial charge on any atom is 0.251 e. The van der Waals surface area contributed by atoms with Crippen LogP contribution in [0, 0.1) is 18.7 Å². The van der Waals surface area contributed by atoms with Crippen molar-refractivity contribution in [1.82, 2.24) is 10.2 Å². The molecule has 1 aliphatic rings. The average Bonchev–Trinajstić information content (AvgIpc) is 2.70. The van der Waals surface area contributed by atoms with Crippen molar-refractivity contribution in [2.45, 2.75) is 19.8 Å². The molecule has 3 N–H and O–H groups in total. The zero-order chi connectivity index (χ0) is 20.1. The molecule has 0 unspecified atom stereocenters. The lowest BCUT2D eigenvalue weighted by Gasteiger charge is -2.31. The van der Waals surface area contributed by atoms with Crippen molar-refractivity contribution >= 4 is 11.8 Å². The van der Waals surface area contributed by atoms with Gasteiger partial charge in [-0.3, -0.25) is 9.59 Å².